The van der Waals surface area contributed by atoms with Gasteiger partial charge in [0.05, 0.1) is 16.9 Å². The van der Waals surface area contributed by atoms with Crippen molar-refractivity contribution in [1.29, 1.82) is 0 Å². The van der Waals surface area contributed by atoms with Crippen LogP contribution in [-0.4, -0.2) is 9.55 Å². The van der Waals surface area contributed by atoms with Crippen LogP contribution in [-0.2, 0) is 26.5 Å². The molecule has 2 aromatic heterocycles. The third-order valence-electron chi connectivity index (χ3n) is 7.50. The minimum absolute atomic E-state index is 0. The average Bonchev–Trinajstić information content (AvgIpc) is 3.57. The van der Waals surface area contributed by atoms with E-state index in [1.54, 1.807) is 11.3 Å². The van der Waals surface area contributed by atoms with Crippen LogP contribution in [0, 0.1) is 11.3 Å². The standard InChI is InChI=1S/C37H37N2S.Ir/c1-23(2)18-26-16-17-35-31(19-26)32(22-40-35)37-38-33-14-10-11-15-34(33)39(37)36-29(24(3)4)20-28(21-30(36)25(5)6)27-12-8-7-9-13-27;/h7-17,19-21,23-25H,18H2,1-6H3;/q-1;/i18D2;. The molecule has 0 bridgehead atoms. The topological polar surface area (TPSA) is 17.8 Å². The van der Waals surface area contributed by atoms with Crippen LogP contribution in [0.3, 0.4) is 0 Å². The van der Waals surface area contributed by atoms with Crippen molar-refractivity contribution >= 4 is 32.5 Å². The van der Waals surface area contributed by atoms with E-state index in [0.29, 0.717) is 5.56 Å². The predicted molar refractivity (Wildman–Crippen MR) is 173 cm³/mol. The first-order valence-electron chi connectivity index (χ1n) is 15.2. The van der Waals surface area contributed by atoms with Crippen LogP contribution in [0.5, 0.6) is 0 Å². The van der Waals surface area contributed by atoms with E-state index in [0.717, 1.165) is 32.5 Å². The Morgan fingerprint density at radius 2 is 1.46 bits per heavy atom. The number of aromatic nitrogens is 2. The zero-order valence-electron chi connectivity index (χ0n) is 26.5. The van der Waals surface area contributed by atoms with Gasteiger partial charge >= 0.3 is 0 Å². The van der Waals surface area contributed by atoms with Gasteiger partial charge in [0.1, 0.15) is 0 Å². The largest absolute Gasteiger partial charge is 0.333 e. The van der Waals surface area contributed by atoms with Gasteiger partial charge < -0.3 is 4.57 Å². The van der Waals surface area contributed by atoms with Gasteiger partial charge in [-0.2, -0.15) is 0 Å². The summed E-state index contributed by atoms with van der Waals surface area (Å²) in [5.74, 6) is 1.27. The van der Waals surface area contributed by atoms with Crippen molar-refractivity contribution in [2.75, 3.05) is 0 Å². The molecular formula is C37H37IrN2S-. The van der Waals surface area contributed by atoms with Crippen molar-refractivity contribution in [3.8, 4) is 28.2 Å². The van der Waals surface area contributed by atoms with Crippen LogP contribution >= 0.6 is 11.3 Å². The van der Waals surface area contributed by atoms with Crippen LogP contribution in [0.1, 0.15) is 72.8 Å². The average molecular weight is 736 g/mol. The molecule has 41 heavy (non-hydrogen) atoms. The summed E-state index contributed by atoms with van der Waals surface area (Å²) in [6.45, 7) is 12.9. The molecule has 211 valence electrons. The summed E-state index contributed by atoms with van der Waals surface area (Å²) in [4.78, 5) is 5.23. The van der Waals surface area contributed by atoms with E-state index >= 15 is 0 Å². The molecule has 0 amide bonds. The predicted octanol–water partition coefficient (Wildman–Crippen LogP) is 10.8. The number of nitrogens with zero attached hydrogens (tertiary/aromatic N) is 2. The summed E-state index contributed by atoms with van der Waals surface area (Å²) in [5, 5.41) is 4.58. The van der Waals surface area contributed by atoms with Crippen LogP contribution in [0.25, 0.3) is 49.3 Å². The third-order valence-corrected chi connectivity index (χ3v) is 8.38. The molecule has 0 N–H and O–H groups in total. The Balaban J connectivity index is 0.00000368. The SMILES string of the molecule is [2H]C([2H])(c1ccc2s[c-]c(-c3nc4ccccc4n3-c3c(C(C)C)cc(-c4ccccc4)cc3C(C)C)c2c1)C(C)C.[Ir]. The zero-order valence-corrected chi connectivity index (χ0v) is 27.7. The molecular weight excluding hydrogens is 697 g/mol. The smallest absolute Gasteiger partial charge is 0.0774 e. The summed E-state index contributed by atoms with van der Waals surface area (Å²) in [6.07, 6.45) is -1.43. The van der Waals surface area contributed by atoms with Crippen molar-refractivity contribution in [1.82, 2.24) is 9.55 Å². The molecule has 0 fully saturated rings. The number of thiophene rings is 1. The van der Waals surface area contributed by atoms with Crippen molar-refractivity contribution in [2.45, 2.75) is 59.8 Å². The molecule has 2 heterocycles. The molecule has 0 aliphatic carbocycles. The Bertz CT molecular complexity index is 1870. The molecule has 0 aliphatic heterocycles. The Labute approximate surface area is 264 Å². The minimum atomic E-state index is -1.43. The fourth-order valence-electron chi connectivity index (χ4n) is 5.60. The van der Waals surface area contributed by atoms with Gasteiger partial charge in [-0.05, 0) is 70.6 Å². The van der Waals surface area contributed by atoms with Crippen molar-refractivity contribution in [3.63, 3.8) is 0 Å². The van der Waals surface area contributed by atoms with Crippen LogP contribution in [0.2, 0.25) is 0 Å². The monoisotopic (exact) mass is 736 g/mol. The van der Waals surface area contributed by atoms with E-state index in [4.69, 9.17) is 7.73 Å². The summed E-state index contributed by atoms with van der Waals surface area (Å²) in [7, 11) is 0. The van der Waals surface area contributed by atoms with Gasteiger partial charge in [0.25, 0.3) is 0 Å². The number of hydrogen-bond donors (Lipinski definition) is 0. The molecule has 6 aromatic rings. The number of fused-ring (bicyclic) bond motifs is 2. The minimum Gasteiger partial charge on any atom is -0.333 e. The van der Waals surface area contributed by atoms with Gasteiger partial charge in [-0.1, -0.05) is 117 Å². The Morgan fingerprint density at radius 1 is 0.805 bits per heavy atom. The second kappa shape index (κ2) is 12.1. The first kappa shape index (κ1) is 26.8. The zero-order chi connectivity index (χ0) is 29.8. The maximum atomic E-state index is 8.77. The van der Waals surface area contributed by atoms with Gasteiger partial charge in [-0.15, -0.1) is 11.5 Å². The molecule has 0 saturated heterocycles. The quantitative estimate of drug-likeness (QED) is 0.149. The molecule has 4 aromatic carbocycles. The van der Waals surface area contributed by atoms with Crippen LogP contribution in [0.4, 0.5) is 0 Å². The first-order valence-corrected chi connectivity index (χ1v) is 15.1. The molecule has 1 radical (unpaired) electrons. The molecule has 2 nitrogen and oxygen atoms in total. The van der Waals surface area contributed by atoms with E-state index in [2.05, 4.69) is 98.3 Å². The fraction of sp³-hybridized carbons (Fsp3) is 0.270. The Morgan fingerprint density at radius 3 is 2.12 bits per heavy atom. The summed E-state index contributed by atoms with van der Waals surface area (Å²) in [6, 6.07) is 29.7. The molecule has 0 unspecified atom stereocenters. The molecule has 0 aliphatic rings. The molecule has 0 saturated carbocycles. The van der Waals surface area contributed by atoms with Crippen molar-refractivity contribution in [3.05, 3.63) is 107 Å². The second-order valence-electron chi connectivity index (χ2n) is 11.5. The molecule has 6 rings (SSSR count). The summed E-state index contributed by atoms with van der Waals surface area (Å²) < 4.78 is 21.0. The molecule has 4 heteroatoms. The van der Waals surface area contributed by atoms with E-state index in [1.165, 1.54) is 27.9 Å². The van der Waals surface area contributed by atoms with E-state index in [-0.39, 0.29) is 37.9 Å². The van der Waals surface area contributed by atoms with Crippen LogP contribution < -0.4 is 0 Å². The second-order valence-corrected chi connectivity index (χ2v) is 12.4. The normalized spacial score (nSPS) is 12.8. The van der Waals surface area contributed by atoms with E-state index in [1.807, 2.05) is 38.1 Å². The number of para-hydroxylation sites is 2. The Kier molecular flexibility index (Phi) is 7.89. The van der Waals surface area contributed by atoms with Crippen LogP contribution in [0.15, 0.2) is 84.9 Å². The van der Waals surface area contributed by atoms with Gasteiger partial charge in [-0.25, -0.2) is 0 Å². The first-order chi connectivity index (χ1) is 20.1. The van der Waals surface area contributed by atoms with E-state index in [9.17, 15) is 0 Å². The number of hydrogen-bond acceptors (Lipinski definition) is 2. The van der Waals surface area contributed by atoms with Crippen molar-refractivity contribution < 1.29 is 22.8 Å². The Hall–Kier alpha value is -3.04. The van der Waals surface area contributed by atoms with Crippen molar-refractivity contribution in [2.24, 2.45) is 5.92 Å². The van der Waals surface area contributed by atoms with Gasteiger partial charge in [0, 0.05) is 28.5 Å². The molecule has 0 spiro atoms. The maximum Gasteiger partial charge on any atom is 0.0774 e. The number of benzene rings is 4. The number of rotatable bonds is 7. The fourth-order valence-corrected chi connectivity index (χ4v) is 6.42. The number of imidazole rings is 1. The summed E-state index contributed by atoms with van der Waals surface area (Å²) >= 11 is 1.57. The van der Waals surface area contributed by atoms with Gasteiger partial charge in [0.15, 0.2) is 0 Å². The molecule has 0 atom stereocenters. The van der Waals surface area contributed by atoms with Gasteiger partial charge in [-0.3, -0.25) is 16.3 Å². The summed E-state index contributed by atoms with van der Waals surface area (Å²) in [5.41, 5.74) is 9.79. The third kappa shape index (κ3) is 5.58. The maximum absolute atomic E-state index is 8.77. The van der Waals surface area contributed by atoms with Gasteiger partial charge in [0.2, 0.25) is 0 Å². The van der Waals surface area contributed by atoms with E-state index < -0.39 is 6.37 Å².